The van der Waals surface area contributed by atoms with E-state index in [-0.39, 0.29) is 12.5 Å². The molecule has 5 nitrogen and oxygen atoms in total. The van der Waals surface area contributed by atoms with Gasteiger partial charge in [0, 0.05) is 12.0 Å². The van der Waals surface area contributed by atoms with Crippen LogP contribution in [-0.2, 0) is 21.2 Å². The molecule has 0 bridgehead atoms. The maximum Gasteiger partial charge on any atom is 0.365 e. The van der Waals surface area contributed by atoms with Crippen LogP contribution < -0.4 is 0 Å². The third-order valence-corrected chi connectivity index (χ3v) is 3.94. The highest BCUT2D eigenvalue weighted by molar-refractivity contribution is 5.86. The molecule has 146 valence electrons. The summed E-state index contributed by atoms with van der Waals surface area (Å²) in [5, 5.41) is 17.7. The molecule has 0 heterocycles. The number of benzene rings is 2. The summed E-state index contributed by atoms with van der Waals surface area (Å²) in [6, 6.07) is 19.0. The van der Waals surface area contributed by atoms with Gasteiger partial charge in [0.2, 0.25) is 0 Å². The van der Waals surface area contributed by atoms with Crippen molar-refractivity contribution in [2.75, 3.05) is 0 Å². The molecule has 0 saturated carbocycles. The Morgan fingerprint density at radius 1 is 0.926 bits per heavy atom. The Hall–Kier alpha value is -2.47. The molecule has 2 rings (SSSR count). The fraction of sp³-hybridized carbons (Fsp3) is 0.318. The first kappa shape index (κ1) is 22.6. The minimum Gasteiger partial charge on any atom is -0.393 e. The van der Waals surface area contributed by atoms with Crippen LogP contribution in [0, 0.1) is 5.92 Å². The summed E-state index contributed by atoms with van der Waals surface area (Å²) >= 11 is 0. The number of hydrogen-bond donors (Lipinski definition) is 2. The largest absolute Gasteiger partial charge is 0.393 e. The summed E-state index contributed by atoms with van der Waals surface area (Å²) < 4.78 is 0. The average Bonchev–Trinajstić information content (AvgIpc) is 2.68. The van der Waals surface area contributed by atoms with Gasteiger partial charge < -0.3 is 10.2 Å². The van der Waals surface area contributed by atoms with Crippen molar-refractivity contribution in [1.82, 2.24) is 0 Å². The summed E-state index contributed by atoms with van der Waals surface area (Å²) in [6.07, 6.45) is 2.19. The van der Waals surface area contributed by atoms with Crippen molar-refractivity contribution >= 4 is 12.0 Å². The zero-order chi connectivity index (χ0) is 20.1. The Kier molecular flexibility index (Phi) is 10.7. The van der Waals surface area contributed by atoms with Crippen LogP contribution in [-0.4, -0.2) is 28.4 Å². The van der Waals surface area contributed by atoms with E-state index in [1.54, 1.807) is 19.9 Å². The Morgan fingerprint density at radius 2 is 1.44 bits per heavy atom. The zero-order valence-electron chi connectivity index (χ0n) is 16.0. The van der Waals surface area contributed by atoms with Crippen molar-refractivity contribution in [3.8, 4) is 0 Å². The van der Waals surface area contributed by atoms with Gasteiger partial charge in [0.1, 0.15) is 6.61 Å². The normalized spacial score (nSPS) is 14.0. The lowest BCUT2D eigenvalue weighted by Crippen LogP contribution is -2.24. The van der Waals surface area contributed by atoms with E-state index in [4.69, 9.17) is 15.1 Å². The molecule has 0 aliphatic carbocycles. The van der Waals surface area contributed by atoms with Gasteiger partial charge in [0.05, 0.1) is 12.2 Å². The predicted molar refractivity (Wildman–Crippen MR) is 105 cm³/mol. The highest BCUT2D eigenvalue weighted by Gasteiger charge is 2.13. The first-order chi connectivity index (χ1) is 12.9. The monoisotopic (exact) mass is 372 g/mol. The van der Waals surface area contributed by atoms with Gasteiger partial charge in [-0.25, -0.2) is 4.79 Å². The lowest BCUT2D eigenvalue weighted by atomic mass is 10.0. The first-order valence-electron chi connectivity index (χ1n) is 8.86. The van der Waals surface area contributed by atoms with Crippen LogP contribution in [0.4, 0.5) is 0 Å². The van der Waals surface area contributed by atoms with Crippen LogP contribution in [0.25, 0.3) is 6.08 Å². The number of hydrogen-bond acceptors (Lipinski definition) is 5. The first-order valence-corrected chi connectivity index (χ1v) is 8.86. The van der Waals surface area contributed by atoms with Crippen molar-refractivity contribution in [3.05, 3.63) is 77.9 Å². The summed E-state index contributed by atoms with van der Waals surface area (Å²) in [6.45, 7) is 5.41. The van der Waals surface area contributed by atoms with Crippen LogP contribution >= 0.6 is 0 Å². The highest BCUT2D eigenvalue weighted by atomic mass is 17.2. The summed E-state index contributed by atoms with van der Waals surface area (Å²) in [4.78, 5) is 20.9. The van der Waals surface area contributed by atoms with Gasteiger partial charge in [0.25, 0.3) is 0 Å². The van der Waals surface area contributed by atoms with E-state index in [0.717, 1.165) is 11.1 Å². The zero-order valence-corrected chi connectivity index (χ0v) is 16.0. The summed E-state index contributed by atoms with van der Waals surface area (Å²) in [7, 11) is 0. The number of aliphatic hydroxyl groups is 2. The quantitative estimate of drug-likeness (QED) is 0.440. The highest BCUT2D eigenvalue weighted by Crippen LogP contribution is 2.06. The van der Waals surface area contributed by atoms with E-state index in [0.29, 0.717) is 0 Å². The van der Waals surface area contributed by atoms with Gasteiger partial charge in [-0.3, -0.25) is 4.89 Å². The number of aliphatic hydroxyl groups excluding tert-OH is 2. The molecule has 0 radical (unpaired) electrons. The van der Waals surface area contributed by atoms with E-state index in [9.17, 15) is 4.79 Å². The summed E-state index contributed by atoms with van der Waals surface area (Å²) in [5.74, 6) is -0.546. The molecule has 5 heteroatoms. The minimum absolute atomic E-state index is 0.0185. The average molecular weight is 372 g/mol. The van der Waals surface area contributed by atoms with Gasteiger partial charge in [-0.2, -0.15) is 4.89 Å². The maximum atomic E-state index is 11.4. The lowest BCUT2D eigenvalue weighted by Gasteiger charge is -2.16. The maximum absolute atomic E-state index is 11.4. The number of carbonyl (C=O) groups excluding carboxylic acids is 1. The molecule has 0 saturated heterocycles. The van der Waals surface area contributed by atoms with Crippen molar-refractivity contribution in [1.29, 1.82) is 0 Å². The molecular weight excluding hydrogens is 344 g/mol. The van der Waals surface area contributed by atoms with Crippen LogP contribution in [0.1, 0.15) is 31.9 Å². The number of carbonyl (C=O) groups is 1. The Balaban J connectivity index is 0.000000387. The van der Waals surface area contributed by atoms with Crippen LogP contribution in [0.5, 0.6) is 0 Å². The van der Waals surface area contributed by atoms with E-state index in [1.165, 1.54) is 6.08 Å². The molecule has 2 aromatic carbocycles. The fourth-order valence-corrected chi connectivity index (χ4v) is 1.89. The van der Waals surface area contributed by atoms with Gasteiger partial charge in [-0.1, -0.05) is 67.6 Å². The molecule has 0 aromatic heterocycles. The smallest absolute Gasteiger partial charge is 0.365 e. The third kappa shape index (κ3) is 10.3. The Bertz CT molecular complexity index is 658. The molecule has 0 spiro atoms. The molecule has 2 aromatic rings. The Labute approximate surface area is 160 Å². The fourth-order valence-electron chi connectivity index (χ4n) is 1.89. The van der Waals surface area contributed by atoms with Crippen molar-refractivity contribution in [3.63, 3.8) is 0 Å². The molecule has 2 N–H and O–H groups in total. The van der Waals surface area contributed by atoms with Crippen molar-refractivity contribution in [2.24, 2.45) is 5.92 Å². The van der Waals surface area contributed by atoms with E-state index in [1.807, 2.05) is 67.6 Å². The second-order valence-corrected chi connectivity index (χ2v) is 6.23. The second kappa shape index (κ2) is 12.8. The molecule has 0 fully saturated rings. The lowest BCUT2D eigenvalue weighted by molar-refractivity contribution is -0.275. The number of rotatable bonds is 7. The van der Waals surface area contributed by atoms with Gasteiger partial charge >= 0.3 is 5.97 Å². The molecular formula is C22H28O5. The molecule has 1 unspecified atom stereocenters. The van der Waals surface area contributed by atoms with Crippen molar-refractivity contribution < 1.29 is 24.8 Å². The van der Waals surface area contributed by atoms with Gasteiger partial charge in [0.15, 0.2) is 0 Å². The Morgan fingerprint density at radius 3 is 1.93 bits per heavy atom. The topological polar surface area (TPSA) is 76.0 Å². The van der Waals surface area contributed by atoms with Gasteiger partial charge in [-0.15, -0.1) is 0 Å². The standard InChI is InChI=1S/C16H14O3.C6H14O2/c17-16(12-11-14-7-3-1-4-8-14)19-18-13-15-9-5-2-6-10-15;1-4(5(2)7)6(3)8/h1-12H,13H2;4-8H,1-3H3/t;4?,5-,6+. The summed E-state index contributed by atoms with van der Waals surface area (Å²) in [5.41, 5.74) is 1.88. The van der Waals surface area contributed by atoms with Crippen molar-refractivity contribution in [2.45, 2.75) is 39.6 Å². The van der Waals surface area contributed by atoms with E-state index in [2.05, 4.69) is 4.89 Å². The van der Waals surface area contributed by atoms with Crippen LogP contribution in [0.3, 0.4) is 0 Å². The molecule has 3 atom stereocenters. The molecule has 0 amide bonds. The molecule has 0 aliphatic heterocycles. The van der Waals surface area contributed by atoms with E-state index < -0.39 is 18.2 Å². The van der Waals surface area contributed by atoms with Gasteiger partial charge in [-0.05, 0) is 31.1 Å². The third-order valence-electron chi connectivity index (χ3n) is 3.94. The second-order valence-electron chi connectivity index (χ2n) is 6.23. The molecule has 27 heavy (non-hydrogen) atoms. The van der Waals surface area contributed by atoms with Crippen LogP contribution in [0.2, 0.25) is 0 Å². The predicted octanol–water partition coefficient (Wildman–Crippen LogP) is 3.76. The minimum atomic E-state index is -0.528. The SMILES string of the molecule is CC([C@H](C)O)[C@@H](C)O.O=C(C=Cc1ccccc1)OOCc1ccccc1. The van der Waals surface area contributed by atoms with Crippen LogP contribution in [0.15, 0.2) is 66.7 Å². The molecule has 0 aliphatic rings. The van der Waals surface area contributed by atoms with E-state index >= 15 is 0 Å².